The molecule has 0 aliphatic carbocycles. The van der Waals surface area contributed by atoms with E-state index in [-0.39, 0.29) is 0 Å². The summed E-state index contributed by atoms with van der Waals surface area (Å²) in [5.74, 6) is 1.75. The van der Waals surface area contributed by atoms with Gasteiger partial charge in [0.15, 0.2) is 0 Å². The average molecular weight is 307 g/mol. The Morgan fingerprint density at radius 1 is 1.30 bits per heavy atom. The fourth-order valence-corrected chi connectivity index (χ4v) is 3.47. The third-order valence-electron chi connectivity index (χ3n) is 3.41. The molecule has 4 rings (SSSR count). The molecule has 8 heteroatoms. The Balaban J connectivity index is 1.59. The van der Waals surface area contributed by atoms with Crippen LogP contribution < -0.4 is 0 Å². The van der Waals surface area contributed by atoms with Gasteiger partial charge in [-0.05, 0) is 11.4 Å². The van der Waals surface area contributed by atoms with Gasteiger partial charge in [0, 0.05) is 18.5 Å². The highest BCUT2D eigenvalue weighted by Gasteiger charge is 2.19. The minimum atomic E-state index is 0.534. The van der Waals surface area contributed by atoms with Gasteiger partial charge in [-0.2, -0.15) is 0 Å². The summed E-state index contributed by atoms with van der Waals surface area (Å²) in [6.07, 6.45) is 1.78. The monoisotopic (exact) mass is 306 g/mol. The van der Waals surface area contributed by atoms with Crippen molar-refractivity contribution < 1.29 is 0 Å². The lowest BCUT2D eigenvalue weighted by Gasteiger charge is -2.26. The zero-order chi connectivity index (χ0) is 13.5. The standard InChI is InChI=1S/C12H11ClN6S/c13-11-8-1-4-20-12(8)16-9(15-11)5-18-2-3-19-7-14-17-10(19)6-18/h1,4,7H,2-3,5-6H2. The van der Waals surface area contributed by atoms with Crippen molar-refractivity contribution in [1.82, 2.24) is 29.6 Å². The number of hydrogen-bond donors (Lipinski definition) is 0. The number of rotatable bonds is 2. The Kier molecular flexibility index (Phi) is 2.90. The number of nitrogens with zero attached hydrogens (tertiary/aromatic N) is 6. The maximum Gasteiger partial charge on any atom is 0.147 e. The van der Waals surface area contributed by atoms with Gasteiger partial charge in [-0.15, -0.1) is 21.5 Å². The van der Waals surface area contributed by atoms with Crippen LogP contribution in [0.5, 0.6) is 0 Å². The predicted molar refractivity (Wildman–Crippen MR) is 76.6 cm³/mol. The fraction of sp³-hybridized carbons (Fsp3) is 0.333. The molecule has 0 bridgehead atoms. The average Bonchev–Trinajstić information content (AvgIpc) is 3.06. The van der Waals surface area contributed by atoms with Crippen LogP contribution >= 0.6 is 22.9 Å². The van der Waals surface area contributed by atoms with Crippen molar-refractivity contribution in [2.24, 2.45) is 0 Å². The van der Waals surface area contributed by atoms with Crippen LogP contribution in [0.3, 0.4) is 0 Å². The van der Waals surface area contributed by atoms with Gasteiger partial charge in [-0.1, -0.05) is 11.6 Å². The van der Waals surface area contributed by atoms with Gasteiger partial charge in [0.25, 0.3) is 0 Å². The van der Waals surface area contributed by atoms with Crippen LogP contribution in [0.25, 0.3) is 10.2 Å². The first-order chi connectivity index (χ1) is 9.79. The van der Waals surface area contributed by atoms with E-state index in [1.165, 1.54) is 0 Å². The Labute approximate surface area is 124 Å². The SMILES string of the molecule is Clc1nc(CN2CCn3cnnc3C2)nc2sccc12. The van der Waals surface area contributed by atoms with E-state index >= 15 is 0 Å². The van der Waals surface area contributed by atoms with E-state index < -0.39 is 0 Å². The Morgan fingerprint density at radius 2 is 2.25 bits per heavy atom. The lowest BCUT2D eigenvalue weighted by molar-refractivity contribution is 0.204. The maximum atomic E-state index is 6.20. The molecule has 1 aliphatic rings. The van der Waals surface area contributed by atoms with Gasteiger partial charge in [0.1, 0.15) is 28.0 Å². The van der Waals surface area contributed by atoms with Gasteiger partial charge < -0.3 is 4.57 Å². The number of hydrogen-bond acceptors (Lipinski definition) is 6. The van der Waals surface area contributed by atoms with Crippen molar-refractivity contribution in [2.45, 2.75) is 19.6 Å². The zero-order valence-electron chi connectivity index (χ0n) is 10.5. The summed E-state index contributed by atoms with van der Waals surface area (Å²) in [7, 11) is 0. The van der Waals surface area contributed by atoms with Crippen LogP contribution in [-0.2, 0) is 19.6 Å². The Bertz CT molecular complexity index is 766. The molecule has 0 aromatic carbocycles. The molecule has 3 aromatic rings. The Morgan fingerprint density at radius 3 is 3.20 bits per heavy atom. The second-order valence-electron chi connectivity index (χ2n) is 4.72. The van der Waals surface area contributed by atoms with E-state index in [4.69, 9.17) is 11.6 Å². The molecule has 0 saturated heterocycles. The van der Waals surface area contributed by atoms with E-state index in [2.05, 4.69) is 29.6 Å². The van der Waals surface area contributed by atoms with Crippen LogP contribution in [0.4, 0.5) is 0 Å². The van der Waals surface area contributed by atoms with E-state index in [0.29, 0.717) is 11.7 Å². The molecule has 0 atom stereocenters. The first kappa shape index (κ1) is 12.2. The molecule has 0 radical (unpaired) electrons. The number of halogens is 1. The normalized spacial score (nSPS) is 15.7. The second kappa shape index (κ2) is 4.76. The molecular weight excluding hydrogens is 296 g/mol. The quantitative estimate of drug-likeness (QED) is 0.677. The first-order valence-electron chi connectivity index (χ1n) is 6.28. The van der Waals surface area contributed by atoms with Gasteiger partial charge in [0.2, 0.25) is 0 Å². The van der Waals surface area contributed by atoms with Crippen LogP contribution in [0, 0.1) is 0 Å². The van der Waals surface area contributed by atoms with E-state index in [1.54, 1.807) is 17.7 Å². The molecule has 102 valence electrons. The van der Waals surface area contributed by atoms with Gasteiger partial charge >= 0.3 is 0 Å². The summed E-state index contributed by atoms with van der Waals surface area (Å²) in [6, 6.07) is 1.95. The van der Waals surface area contributed by atoms with Crippen molar-refractivity contribution in [3.8, 4) is 0 Å². The largest absolute Gasteiger partial charge is 0.315 e. The van der Waals surface area contributed by atoms with E-state index in [1.807, 2.05) is 11.4 Å². The summed E-state index contributed by atoms with van der Waals surface area (Å²) in [6.45, 7) is 3.29. The molecule has 1 aliphatic heterocycles. The first-order valence-corrected chi connectivity index (χ1v) is 7.54. The molecule has 0 unspecified atom stereocenters. The fourth-order valence-electron chi connectivity index (χ4n) is 2.38. The number of thiophene rings is 1. The maximum absolute atomic E-state index is 6.20. The summed E-state index contributed by atoms with van der Waals surface area (Å²) >= 11 is 7.78. The predicted octanol–water partition coefficient (Wildman–Crippen LogP) is 1.95. The van der Waals surface area contributed by atoms with Crippen LogP contribution in [0.15, 0.2) is 17.8 Å². The third-order valence-corrected chi connectivity index (χ3v) is 4.50. The lowest BCUT2D eigenvalue weighted by Crippen LogP contribution is -2.33. The summed E-state index contributed by atoms with van der Waals surface area (Å²) < 4.78 is 2.08. The summed E-state index contributed by atoms with van der Waals surface area (Å²) in [5, 5.41) is 11.5. The molecular formula is C12H11ClN6S. The molecule has 0 spiro atoms. The summed E-state index contributed by atoms with van der Waals surface area (Å²) in [5.41, 5.74) is 0. The Hall–Kier alpha value is -1.57. The molecule has 20 heavy (non-hydrogen) atoms. The molecule has 0 N–H and O–H groups in total. The molecule has 0 fully saturated rings. The molecule has 0 saturated carbocycles. The van der Waals surface area contributed by atoms with Crippen LogP contribution in [0.2, 0.25) is 5.15 Å². The van der Waals surface area contributed by atoms with Crippen LogP contribution in [-0.4, -0.2) is 36.2 Å². The molecule has 6 nitrogen and oxygen atoms in total. The minimum absolute atomic E-state index is 0.534. The lowest BCUT2D eigenvalue weighted by atomic mass is 10.3. The minimum Gasteiger partial charge on any atom is -0.315 e. The highest BCUT2D eigenvalue weighted by molar-refractivity contribution is 7.16. The van der Waals surface area contributed by atoms with E-state index in [9.17, 15) is 0 Å². The van der Waals surface area contributed by atoms with E-state index in [0.717, 1.165) is 41.5 Å². The van der Waals surface area contributed by atoms with Crippen LogP contribution in [0.1, 0.15) is 11.6 Å². The topological polar surface area (TPSA) is 59.7 Å². The van der Waals surface area contributed by atoms with Crippen molar-refractivity contribution >= 4 is 33.2 Å². The van der Waals surface area contributed by atoms with Crippen molar-refractivity contribution in [3.63, 3.8) is 0 Å². The van der Waals surface area contributed by atoms with Crippen molar-refractivity contribution in [1.29, 1.82) is 0 Å². The van der Waals surface area contributed by atoms with Gasteiger partial charge in [-0.3, -0.25) is 4.90 Å². The molecule has 3 aromatic heterocycles. The zero-order valence-corrected chi connectivity index (χ0v) is 12.1. The van der Waals surface area contributed by atoms with Crippen molar-refractivity contribution in [3.05, 3.63) is 34.6 Å². The third kappa shape index (κ3) is 2.07. The highest BCUT2D eigenvalue weighted by Crippen LogP contribution is 2.25. The molecule has 0 amide bonds. The number of fused-ring (bicyclic) bond motifs is 2. The molecule has 4 heterocycles. The highest BCUT2D eigenvalue weighted by atomic mass is 35.5. The van der Waals surface area contributed by atoms with Gasteiger partial charge in [0.05, 0.1) is 13.1 Å². The number of aromatic nitrogens is 5. The summed E-state index contributed by atoms with van der Waals surface area (Å²) in [4.78, 5) is 12.2. The smallest absolute Gasteiger partial charge is 0.147 e. The second-order valence-corrected chi connectivity index (χ2v) is 5.97. The van der Waals surface area contributed by atoms with Gasteiger partial charge in [-0.25, -0.2) is 9.97 Å². The van der Waals surface area contributed by atoms with Crippen molar-refractivity contribution in [2.75, 3.05) is 6.54 Å².